The molecule has 95 valence electrons. The summed E-state index contributed by atoms with van der Waals surface area (Å²) >= 11 is 0. The van der Waals surface area contributed by atoms with E-state index in [4.69, 9.17) is 0 Å². The smallest absolute Gasteiger partial charge is 0.390 e. The molecule has 1 radical (unpaired) electrons. The second-order valence-corrected chi connectivity index (χ2v) is 1.94. The van der Waals surface area contributed by atoms with Gasteiger partial charge in [-0.1, -0.05) is 10.4 Å². The van der Waals surface area contributed by atoms with Crippen molar-refractivity contribution in [1.82, 2.24) is 41.2 Å². The van der Waals surface area contributed by atoms with Crippen LogP contribution in [0, 0.1) is 20.2 Å². The fourth-order valence-corrected chi connectivity index (χ4v) is 0.468. The molecule has 2 aromatic heterocycles. The van der Waals surface area contributed by atoms with Gasteiger partial charge in [-0.3, -0.25) is 0 Å². The van der Waals surface area contributed by atoms with E-state index in [-0.39, 0.29) is 17.1 Å². The number of nitrogens with zero attached hydrogens (tertiary/aromatic N) is 8. The Hall–Kier alpha value is -2.54. The SMILES string of the molecule is O=[N+]([O-])c1nn[nH]n1.O=[N+]([O-])c1nn[nH]n1.[Cu]. The van der Waals surface area contributed by atoms with E-state index >= 15 is 0 Å². The Morgan fingerprint density at radius 3 is 1.35 bits per heavy atom. The van der Waals surface area contributed by atoms with Crippen LogP contribution in [0.15, 0.2) is 0 Å². The van der Waals surface area contributed by atoms with Gasteiger partial charge in [0.05, 0.1) is 10.2 Å². The van der Waals surface area contributed by atoms with E-state index in [2.05, 4.69) is 30.8 Å². The van der Waals surface area contributed by atoms with Crippen molar-refractivity contribution in [2.75, 3.05) is 0 Å². The van der Waals surface area contributed by atoms with Crippen LogP contribution >= 0.6 is 0 Å². The molecule has 0 aromatic carbocycles. The fourth-order valence-electron chi connectivity index (χ4n) is 0.468. The minimum absolute atomic E-state index is 0. The molecule has 0 saturated heterocycles. The Morgan fingerprint density at radius 2 is 1.24 bits per heavy atom. The zero-order chi connectivity index (χ0) is 12.0. The summed E-state index contributed by atoms with van der Waals surface area (Å²) in [5, 5.41) is 41.5. The van der Waals surface area contributed by atoms with Crippen molar-refractivity contribution < 1.29 is 26.9 Å². The summed E-state index contributed by atoms with van der Waals surface area (Å²) in [6.07, 6.45) is 0. The van der Waals surface area contributed by atoms with Gasteiger partial charge in [0.2, 0.25) is 0 Å². The van der Waals surface area contributed by atoms with Gasteiger partial charge in [-0.25, -0.2) is 0 Å². The molecule has 0 saturated carbocycles. The van der Waals surface area contributed by atoms with Crippen molar-refractivity contribution in [3.63, 3.8) is 0 Å². The fraction of sp³-hybridized carbons (Fsp3) is 0. The molecule has 0 aliphatic rings. The topological polar surface area (TPSA) is 195 Å². The first-order valence-electron chi connectivity index (χ1n) is 3.37. The van der Waals surface area contributed by atoms with Crippen LogP contribution in [-0.2, 0) is 17.1 Å². The normalized spacial score (nSPS) is 8.47. The Labute approximate surface area is 101 Å². The largest absolute Gasteiger partial charge is 0.514 e. The van der Waals surface area contributed by atoms with Gasteiger partial charge in [0, 0.05) is 37.7 Å². The summed E-state index contributed by atoms with van der Waals surface area (Å²) in [6, 6.07) is 0. The molecule has 2 N–H and O–H groups in total. The number of H-pyrrole nitrogens is 2. The first-order chi connectivity index (χ1) is 7.61. The third-order valence-electron chi connectivity index (χ3n) is 0.995. The summed E-state index contributed by atoms with van der Waals surface area (Å²) in [5.74, 6) is -1.02. The molecule has 14 nitrogen and oxygen atoms in total. The standard InChI is InChI=1S/2CHN5O2.Cu/c2*7-6(8)1-2-4-5-3-1;/h2*(H,2,3,4,5);. The van der Waals surface area contributed by atoms with Crippen LogP contribution in [0.4, 0.5) is 11.9 Å². The molecule has 0 unspecified atom stereocenters. The van der Waals surface area contributed by atoms with E-state index in [0.29, 0.717) is 0 Å². The molecule has 0 bridgehead atoms. The third kappa shape index (κ3) is 4.67. The Kier molecular flexibility index (Phi) is 5.83. The number of rotatable bonds is 2. The van der Waals surface area contributed by atoms with Crippen LogP contribution in [-0.4, -0.2) is 51.1 Å². The molecule has 0 atom stereocenters. The van der Waals surface area contributed by atoms with Crippen molar-refractivity contribution in [3.05, 3.63) is 20.2 Å². The van der Waals surface area contributed by atoms with Crippen LogP contribution in [0.1, 0.15) is 0 Å². The maximum absolute atomic E-state index is 9.68. The first kappa shape index (κ1) is 14.5. The van der Waals surface area contributed by atoms with E-state index in [1.807, 2.05) is 10.4 Å². The van der Waals surface area contributed by atoms with Crippen molar-refractivity contribution in [2.45, 2.75) is 0 Å². The van der Waals surface area contributed by atoms with Crippen LogP contribution < -0.4 is 0 Å². The minimum Gasteiger partial charge on any atom is -0.390 e. The molecule has 0 aliphatic carbocycles. The number of nitrogens with one attached hydrogen (secondary N) is 2. The zero-order valence-corrected chi connectivity index (χ0v) is 8.45. The van der Waals surface area contributed by atoms with Crippen LogP contribution in [0.3, 0.4) is 0 Å². The monoisotopic (exact) mass is 293 g/mol. The Bertz CT molecular complexity index is 406. The van der Waals surface area contributed by atoms with E-state index in [1.165, 1.54) is 0 Å². The summed E-state index contributed by atoms with van der Waals surface area (Å²) in [7, 11) is 0. The molecule has 0 aliphatic heterocycles. The molecule has 0 amide bonds. The third-order valence-corrected chi connectivity index (χ3v) is 0.995. The second kappa shape index (κ2) is 6.85. The van der Waals surface area contributed by atoms with Gasteiger partial charge >= 0.3 is 11.9 Å². The van der Waals surface area contributed by atoms with Crippen molar-refractivity contribution >= 4 is 11.9 Å². The Balaban J connectivity index is 0.000000284. The molecule has 17 heavy (non-hydrogen) atoms. The number of hydrogen-bond donors (Lipinski definition) is 2. The predicted molar refractivity (Wildman–Crippen MR) is 41.7 cm³/mol. The minimum atomic E-state index is -0.733. The summed E-state index contributed by atoms with van der Waals surface area (Å²) in [5.41, 5.74) is 0. The molecular weight excluding hydrogens is 292 g/mol. The van der Waals surface area contributed by atoms with Crippen LogP contribution in [0.25, 0.3) is 0 Å². The number of aromatic amines is 2. The van der Waals surface area contributed by atoms with Gasteiger partial charge in [-0.15, -0.1) is 0 Å². The number of aromatic nitrogens is 8. The number of tetrazole rings is 2. The average Bonchev–Trinajstić information content (AvgIpc) is 2.93. The molecule has 0 fully saturated rings. The summed E-state index contributed by atoms with van der Waals surface area (Å²) in [4.78, 5) is 17.9. The van der Waals surface area contributed by atoms with Gasteiger partial charge in [0.15, 0.2) is 0 Å². The molecule has 15 heteroatoms. The maximum atomic E-state index is 9.68. The first-order valence-corrected chi connectivity index (χ1v) is 3.37. The molecule has 2 rings (SSSR count). The van der Waals surface area contributed by atoms with Crippen molar-refractivity contribution in [2.24, 2.45) is 0 Å². The quantitative estimate of drug-likeness (QED) is 0.362. The molecule has 0 spiro atoms. The van der Waals surface area contributed by atoms with Gasteiger partial charge < -0.3 is 20.2 Å². The summed E-state index contributed by atoms with van der Waals surface area (Å²) in [6.45, 7) is 0. The van der Waals surface area contributed by atoms with Gasteiger partial charge in [0.1, 0.15) is 0 Å². The second-order valence-electron chi connectivity index (χ2n) is 1.94. The predicted octanol–water partition coefficient (Wildman–Crippen LogP) is -1.79. The zero-order valence-electron chi connectivity index (χ0n) is 7.51. The Morgan fingerprint density at radius 1 is 0.882 bits per heavy atom. The van der Waals surface area contributed by atoms with Gasteiger partial charge in [0.25, 0.3) is 0 Å². The van der Waals surface area contributed by atoms with E-state index in [9.17, 15) is 20.2 Å². The average molecular weight is 294 g/mol. The van der Waals surface area contributed by atoms with E-state index < -0.39 is 21.7 Å². The summed E-state index contributed by atoms with van der Waals surface area (Å²) < 4.78 is 0. The van der Waals surface area contributed by atoms with Crippen molar-refractivity contribution in [1.29, 1.82) is 0 Å². The number of hydrogen-bond acceptors (Lipinski definition) is 10. The van der Waals surface area contributed by atoms with E-state index in [1.54, 1.807) is 0 Å². The van der Waals surface area contributed by atoms with E-state index in [0.717, 1.165) is 0 Å². The van der Waals surface area contributed by atoms with Gasteiger partial charge in [-0.2, -0.15) is 0 Å². The van der Waals surface area contributed by atoms with Gasteiger partial charge in [-0.05, 0) is 9.85 Å². The van der Waals surface area contributed by atoms with Crippen LogP contribution in [0.2, 0.25) is 0 Å². The molecule has 2 aromatic rings. The van der Waals surface area contributed by atoms with Crippen molar-refractivity contribution in [3.8, 4) is 0 Å². The number of nitro groups is 2. The van der Waals surface area contributed by atoms with Crippen LogP contribution in [0.5, 0.6) is 0 Å². The maximum Gasteiger partial charge on any atom is 0.514 e. The molecule has 2 heterocycles. The molecular formula is C2H2CuN10O4.